The number of aliphatic carboxylic acids is 1. The van der Waals surface area contributed by atoms with Crippen molar-refractivity contribution in [1.82, 2.24) is 9.36 Å². The first-order valence-electron chi connectivity index (χ1n) is 3.05. The first-order chi connectivity index (χ1) is 5.05. The molecule has 4 nitrogen and oxygen atoms in total. The van der Waals surface area contributed by atoms with Gasteiger partial charge in [-0.05, 0) is 25.4 Å². The molecule has 5 heteroatoms. The van der Waals surface area contributed by atoms with E-state index in [0.29, 0.717) is 5.01 Å². The Kier molecular flexibility index (Phi) is 1.90. The van der Waals surface area contributed by atoms with Gasteiger partial charge in [-0.1, -0.05) is 0 Å². The number of carboxylic acid groups (broad SMARTS) is 1. The van der Waals surface area contributed by atoms with E-state index in [2.05, 4.69) is 9.36 Å². The zero-order valence-electron chi connectivity index (χ0n) is 6.24. The number of rotatable bonds is 2. The molecule has 1 rings (SSSR count). The lowest BCUT2D eigenvalue weighted by atomic mass is 9.95. The predicted molar refractivity (Wildman–Crippen MR) is 40.6 cm³/mol. The summed E-state index contributed by atoms with van der Waals surface area (Å²) in [6, 6.07) is 0. The average molecular weight is 172 g/mol. The van der Waals surface area contributed by atoms with Crippen LogP contribution in [0.2, 0.25) is 0 Å². The minimum Gasteiger partial charge on any atom is -0.481 e. The molecule has 1 heterocycles. The van der Waals surface area contributed by atoms with E-state index in [4.69, 9.17) is 5.11 Å². The highest BCUT2D eigenvalue weighted by Gasteiger charge is 2.32. The number of nitrogens with zero attached hydrogens (tertiary/aromatic N) is 2. The van der Waals surface area contributed by atoms with Crippen LogP contribution < -0.4 is 0 Å². The summed E-state index contributed by atoms with van der Waals surface area (Å²) in [6.45, 7) is 3.21. The second-order valence-electron chi connectivity index (χ2n) is 2.68. The van der Waals surface area contributed by atoms with E-state index in [1.807, 2.05) is 0 Å². The van der Waals surface area contributed by atoms with E-state index in [-0.39, 0.29) is 0 Å². The molecule has 1 aromatic heterocycles. The molecule has 11 heavy (non-hydrogen) atoms. The standard InChI is InChI=1S/C6H8N2O2S/c1-6(2,5(9)10)4-7-3-8-11-4/h3H,1-2H3,(H,9,10). The molecule has 0 saturated carbocycles. The van der Waals surface area contributed by atoms with Gasteiger partial charge in [0.05, 0.1) is 0 Å². The third-order valence-electron chi connectivity index (χ3n) is 1.43. The summed E-state index contributed by atoms with van der Waals surface area (Å²) in [6.07, 6.45) is 1.37. The van der Waals surface area contributed by atoms with Crippen molar-refractivity contribution >= 4 is 17.5 Å². The fraction of sp³-hybridized carbons (Fsp3) is 0.500. The van der Waals surface area contributed by atoms with E-state index < -0.39 is 11.4 Å². The van der Waals surface area contributed by atoms with Crippen LogP contribution in [0.5, 0.6) is 0 Å². The van der Waals surface area contributed by atoms with Crippen LogP contribution in [0.3, 0.4) is 0 Å². The first kappa shape index (κ1) is 8.13. The van der Waals surface area contributed by atoms with Gasteiger partial charge in [0.1, 0.15) is 16.7 Å². The Bertz CT molecular complexity index is 256. The van der Waals surface area contributed by atoms with E-state index in [1.165, 1.54) is 6.33 Å². The number of carbonyl (C=O) groups is 1. The monoisotopic (exact) mass is 172 g/mol. The summed E-state index contributed by atoms with van der Waals surface area (Å²) in [7, 11) is 0. The van der Waals surface area contributed by atoms with Crippen LogP contribution in [0.25, 0.3) is 0 Å². The van der Waals surface area contributed by atoms with Crippen molar-refractivity contribution in [2.24, 2.45) is 0 Å². The van der Waals surface area contributed by atoms with Gasteiger partial charge in [-0.15, -0.1) is 0 Å². The summed E-state index contributed by atoms with van der Waals surface area (Å²) >= 11 is 1.12. The van der Waals surface area contributed by atoms with Crippen LogP contribution in [-0.4, -0.2) is 20.4 Å². The van der Waals surface area contributed by atoms with Crippen molar-refractivity contribution in [3.63, 3.8) is 0 Å². The molecule has 0 saturated heterocycles. The summed E-state index contributed by atoms with van der Waals surface area (Å²) in [5.41, 5.74) is -0.916. The predicted octanol–water partition coefficient (Wildman–Crippen LogP) is 0.900. The molecule has 0 unspecified atom stereocenters. The molecule has 60 valence electrons. The van der Waals surface area contributed by atoms with Crippen molar-refractivity contribution in [3.05, 3.63) is 11.3 Å². The molecular weight excluding hydrogens is 164 g/mol. The van der Waals surface area contributed by atoms with Crippen LogP contribution in [0.1, 0.15) is 18.9 Å². The highest BCUT2D eigenvalue weighted by atomic mass is 32.1. The van der Waals surface area contributed by atoms with Crippen molar-refractivity contribution in [2.45, 2.75) is 19.3 Å². The highest BCUT2D eigenvalue weighted by molar-refractivity contribution is 7.05. The number of aromatic nitrogens is 2. The number of carboxylic acids is 1. The molecule has 0 aliphatic rings. The number of hydrogen-bond donors (Lipinski definition) is 1. The van der Waals surface area contributed by atoms with Gasteiger partial charge in [0, 0.05) is 0 Å². The topological polar surface area (TPSA) is 63.1 Å². The molecule has 0 aliphatic carbocycles. The van der Waals surface area contributed by atoms with Gasteiger partial charge in [0.2, 0.25) is 0 Å². The van der Waals surface area contributed by atoms with Crippen LogP contribution in [0.15, 0.2) is 6.33 Å². The molecule has 0 bridgehead atoms. The van der Waals surface area contributed by atoms with Crippen molar-refractivity contribution < 1.29 is 9.90 Å². The largest absolute Gasteiger partial charge is 0.481 e. The van der Waals surface area contributed by atoms with Crippen LogP contribution in [0, 0.1) is 0 Å². The molecule has 0 radical (unpaired) electrons. The lowest BCUT2D eigenvalue weighted by Crippen LogP contribution is -2.28. The maximum absolute atomic E-state index is 10.7. The van der Waals surface area contributed by atoms with Crippen LogP contribution >= 0.6 is 11.5 Å². The maximum atomic E-state index is 10.7. The Hall–Kier alpha value is -0.970. The third kappa shape index (κ3) is 1.37. The summed E-state index contributed by atoms with van der Waals surface area (Å²) in [5.74, 6) is -0.880. The maximum Gasteiger partial charge on any atom is 0.316 e. The fourth-order valence-corrected chi connectivity index (χ4v) is 1.14. The first-order valence-corrected chi connectivity index (χ1v) is 3.83. The summed E-state index contributed by atoms with van der Waals surface area (Å²) in [4.78, 5) is 14.5. The highest BCUT2D eigenvalue weighted by Crippen LogP contribution is 2.23. The Morgan fingerprint density at radius 3 is 2.73 bits per heavy atom. The lowest BCUT2D eigenvalue weighted by molar-refractivity contribution is -0.142. The second-order valence-corrected chi connectivity index (χ2v) is 3.46. The van der Waals surface area contributed by atoms with Gasteiger partial charge in [-0.3, -0.25) is 4.79 Å². The van der Waals surface area contributed by atoms with E-state index >= 15 is 0 Å². The van der Waals surface area contributed by atoms with E-state index in [0.717, 1.165) is 11.5 Å². The molecule has 0 amide bonds. The quantitative estimate of drug-likeness (QED) is 0.719. The van der Waals surface area contributed by atoms with E-state index in [1.54, 1.807) is 13.8 Å². The Balaban J connectivity index is 3.00. The van der Waals surface area contributed by atoms with Gasteiger partial charge in [0.15, 0.2) is 0 Å². The molecule has 1 aromatic rings. The van der Waals surface area contributed by atoms with Crippen molar-refractivity contribution in [1.29, 1.82) is 0 Å². The number of hydrogen-bond acceptors (Lipinski definition) is 4. The van der Waals surface area contributed by atoms with Gasteiger partial charge in [0.25, 0.3) is 0 Å². The fourth-order valence-electron chi connectivity index (χ4n) is 0.540. The van der Waals surface area contributed by atoms with Gasteiger partial charge >= 0.3 is 5.97 Å². The minimum atomic E-state index is -0.916. The van der Waals surface area contributed by atoms with Crippen molar-refractivity contribution in [3.8, 4) is 0 Å². The van der Waals surface area contributed by atoms with Gasteiger partial charge in [-0.25, -0.2) is 4.98 Å². The Morgan fingerprint density at radius 2 is 2.36 bits per heavy atom. The van der Waals surface area contributed by atoms with Crippen molar-refractivity contribution in [2.75, 3.05) is 0 Å². The molecule has 0 spiro atoms. The molecule has 0 fully saturated rings. The second kappa shape index (κ2) is 2.58. The normalized spacial score (nSPS) is 11.5. The smallest absolute Gasteiger partial charge is 0.316 e. The zero-order chi connectivity index (χ0) is 8.48. The Morgan fingerprint density at radius 1 is 1.73 bits per heavy atom. The van der Waals surface area contributed by atoms with Crippen LogP contribution in [0.4, 0.5) is 0 Å². The molecule has 0 atom stereocenters. The molecule has 1 N–H and O–H groups in total. The minimum absolute atomic E-state index is 0.532. The van der Waals surface area contributed by atoms with Crippen LogP contribution in [-0.2, 0) is 10.2 Å². The lowest BCUT2D eigenvalue weighted by Gasteiger charge is -2.13. The summed E-state index contributed by atoms with van der Waals surface area (Å²) < 4.78 is 3.74. The van der Waals surface area contributed by atoms with Gasteiger partial charge in [-0.2, -0.15) is 4.37 Å². The van der Waals surface area contributed by atoms with Gasteiger partial charge < -0.3 is 5.11 Å². The SMILES string of the molecule is CC(C)(C(=O)O)c1ncns1. The Labute approximate surface area is 68.1 Å². The van der Waals surface area contributed by atoms with E-state index in [9.17, 15) is 4.79 Å². The average Bonchev–Trinajstić information content (AvgIpc) is 2.37. The molecular formula is C6H8N2O2S. The zero-order valence-corrected chi connectivity index (χ0v) is 7.05. The third-order valence-corrected chi connectivity index (χ3v) is 2.42. The molecule has 0 aromatic carbocycles. The molecule has 0 aliphatic heterocycles. The summed E-state index contributed by atoms with van der Waals surface area (Å²) in [5, 5.41) is 9.28.